The summed E-state index contributed by atoms with van der Waals surface area (Å²) >= 11 is 0. The first-order chi connectivity index (χ1) is 21.9. The van der Waals surface area contributed by atoms with Crippen molar-refractivity contribution in [1.82, 2.24) is 9.80 Å². The van der Waals surface area contributed by atoms with E-state index in [0.717, 1.165) is 36.4 Å². The molecule has 0 radical (unpaired) electrons. The summed E-state index contributed by atoms with van der Waals surface area (Å²) < 4.78 is 68.8. The van der Waals surface area contributed by atoms with Crippen molar-refractivity contribution in [2.24, 2.45) is 0 Å². The van der Waals surface area contributed by atoms with E-state index in [9.17, 15) is 31.9 Å². The second kappa shape index (κ2) is 17.3. The fraction of sp³-hybridized carbons (Fsp3) is 0.424. The maximum atomic E-state index is 13.6. The molecule has 2 fully saturated rings. The summed E-state index contributed by atoms with van der Waals surface area (Å²) in [4.78, 5) is 38.6. The zero-order valence-electron chi connectivity index (χ0n) is 25.6. The van der Waals surface area contributed by atoms with Gasteiger partial charge >= 0.3 is 5.97 Å². The zero-order chi connectivity index (χ0) is 33.8. The van der Waals surface area contributed by atoms with E-state index in [1.807, 2.05) is 0 Å². The van der Waals surface area contributed by atoms with Gasteiger partial charge in [0.2, 0.25) is 11.8 Å². The largest absolute Gasteiger partial charge is 0.485 e. The minimum absolute atomic E-state index is 0.0108. The van der Waals surface area contributed by atoms with Crippen LogP contribution in [0.15, 0.2) is 60.7 Å². The molecule has 13 heteroatoms. The summed E-state index contributed by atoms with van der Waals surface area (Å²) in [6, 6.07) is 6.03. The summed E-state index contributed by atoms with van der Waals surface area (Å²) in [5.74, 6) is -3.61. The Balaban J connectivity index is 0.000000251. The molecule has 2 aliphatic heterocycles. The molecule has 2 amide bonds. The average Bonchev–Trinajstić information content (AvgIpc) is 3.71. The Morgan fingerprint density at radius 3 is 1.67 bits per heavy atom. The number of benzene rings is 2. The second-order valence-corrected chi connectivity index (χ2v) is 10.8. The molecule has 0 aromatic heterocycles. The molecule has 2 aliphatic rings. The van der Waals surface area contributed by atoms with Crippen molar-refractivity contribution in [3.8, 4) is 11.5 Å². The molecule has 0 aliphatic carbocycles. The van der Waals surface area contributed by atoms with Gasteiger partial charge in [-0.15, -0.1) is 0 Å². The van der Waals surface area contributed by atoms with Gasteiger partial charge in [-0.1, -0.05) is 13.2 Å². The SMILES string of the molecule is C=C(CCC(=O)OC)C(=O)N1CCC(Oc2cc(F)ccc2F)C1.C=C(CCCO)C(=O)N1CCC(Oc2cc(F)ccc2F)C1. The van der Waals surface area contributed by atoms with E-state index in [4.69, 9.17) is 14.6 Å². The molecular formula is C33H38F4N2O7. The lowest BCUT2D eigenvalue weighted by molar-refractivity contribution is -0.140. The van der Waals surface area contributed by atoms with Crippen molar-refractivity contribution >= 4 is 17.8 Å². The maximum absolute atomic E-state index is 13.6. The lowest BCUT2D eigenvalue weighted by Gasteiger charge is -2.18. The molecule has 2 saturated heterocycles. The summed E-state index contributed by atoms with van der Waals surface area (Å²) in [5.41, 5.74) is 0.740. The summed E-state index contributed by atoms with van der Waals surface area (Å²) in [6.07, 6.45) is 1.50. The van der Waals surface area contributed by atoms with Gasteiger partial charge in [-0.2, -0.15) is 0 Å². The van der Waals surface area contributed by atoms with Crippen LogP contribution in [0.3, 0.4) is 0 Å². The molecule has 1 N–H and O–H groups in total. The predicted octanol–water partition coefficient (Wildman–Crippen LogP) is 4.73. The standard InChI is InChI=1S/C17H19F2NO4.C16H19F2NO3/c1-11(3-6-16(21)23-2)17(22)20-8-7-13(10-20)24-15-9-12(18)4-5-14(15)19;1-11(3-2-8-20)16(21)19-7-6-13(10-19)22-15-9-12(17)4-5-14(15)18/h4-5,9,13H,1,3,6-8,10H2,2H3;4-5,9,13,20H,1-3,6-8,10H2. The number of rotatable bonds is 12. The van der Waals surface area contributed by atoms with E-state index in [1.165, 1.54) is 12.0 Å². The summed E-state index contributed by atoms with van der Waals surface area (Å²) in [5, 5.41) is 8.76. The maximum Gasteiger partial charge on any atom is 0.305 e. The van der Waals surface area contributed by atoms with Gasteiger partial charge in [0.25, 0.3) is 0 Å². The molecule has 250 valence electrons. The van der Waals surface area contributed by atoms with Crippen molar-refractivity contribution < 1.29 is 51.3 Å². The Hall–Kier alpha value is -4.39. The Bertz CT molecular complexity index is 1420. The van der Waals surface area contributed by atoms with Gasteiger partial charge in [-0.05, 0) is 43.5 Å². The predicted molar refractivity (Wildman–Crippen MR) is 160 cm³/mol. The number of ether oxygens (including phenoxy) is 3. The van der Waals surface area contributed by atoms with Crippen LogP contribution in [0.1, 0.15) is 38.5 Å². The van der Waals surface area contributed by atoms with Crippen molar-refractivity contribution in [2.75, 3.05) is 39.9 Å². The molecule has 2 aromatic rings. The molecular weight excluding hydrogens is 612 g/mol. The van der Waals surface area contributed by atoms with Crippen LogP contribution < -0.4 is 9.47 Å². The van der Waals surface area contributed by atoms with Crippen LogP contribution in [0, 0.1) is 23.3 Å². The van der Waals surface area contributed by atoms with Gasteiger partial charge in [0, 0.05) is 62.2 Å². The van der Waals surface area contributed by atoms with Crippen molar-refractivity contribution in [1.29, 1.82) is 0 Å². The van der Waals surface area contributed by atoms with Crippen LogP contribution in [0.4, 0.5) is 17.6 Å². The Morgan fingerprint density at radius 2 is 1.24 bits per heavy atom. The van der Waals surface area contributed by atoms with Crippen molar-refractivity contribution in [2.45, 2.75) is 50.7 Å². The normalized spacial score (nSPS) is 17.2. The molecule has 4 rings (SSSR count). The van der Waals surface area contributed by atoms with Gasteiger partial charge in [0.1, 0.15) is 23.8 Å². The number of carbonyl (C=O) groups excluding carboxylic acids is 3. The van der Waals surface area contributed by atoms with Crippen molar-refractivity contribution in [3.05, 3.63) is 84.0 Å². The number of aliphatic hydroxyl groups is 1. The highest BCUT2D eigenvalue weighted by atomic mass is 19.1. The summed E-state index contributed by atoms with van der Waals surface area (Å²) in [6.45, 7) is 8.90. The second-order valence-electron chi connectivity index (χ2n) is 10.8. The molecule has 0 bridgehead atoms. The molecule has 0 spiro atoms. The smallest absolute Gasteiger partial charge is 0.305 e. The number of hydrogen-bond acceptors (Lipinski definition) is 7. The first-order valence-corrected chi connectivity index (χ1v) is 14.8. The van der Waals surface area contributed by atoms with E-state index in [2.05, 4.69) is 17.9 Å². The van der Waals surface area contributed by atoms with Gasteiger partial charge < -0.3 is 29.1 Å². The highest BCUT2D eigenvalue weighted by Gasteiger charge is 2.30. The third-order valence-electron chi connectivity index (χ3n) is 7.34. The average molecular weight is 651 g/mol. The van der Waals surface area contributed by atoms with E-state index < -0.39 is 35.3 Å². The van der Waals surface area contributed by atoms with Gasteiger partial charge in [0.05, 0.1) is 20.2 Å². The molecule has 0 saturated carbocycles. The molecule has 2 unspecified atom stereocenters. The highest BCUT2D eigenvalue weighted by Crippen LogP contribution is 2.25. The number of methoxy groups -OCH3 is 1. The number of carbonyl (C=O) groups is 3. The van der Waals surface area contributed by atoms with E-state index in [1.54, 1.807) is 4.90 Å². The summed E-state index contributed by atoms with van der Waals surface area (Å²) in [7, 11) is 1.28. The number of nitrogens with zero attached hydrogens (tertiary/aromatic N) is 2. The number of aliphatic hydroxyl groups excluding tert-OH is 1. The molecule has 2 heterocycles. The monoisotopic (exact) mass is 650 g/mol. The Kier molecular flexibility index (Phi) is 13.6. The number of esters is 1. The lowest BCUT2D eigenvalue weighted by Crippen LogP contribution is -2.32. The first-order valence-electron chi connectivity index (χ1n) is 14.8. The molecule has 2 aromatic carbocycles. The van der Waals surface area contributed by atoms with Crippen LogP contribution in [0.5, 0.6) is 11.5 Å². The van der Waals surface area contributed by atoms with E-state index in [0.29, 0.717) is 56.5 Å². The fourth-order valence-electron chi connectivity index (χ4n) is 4.82. The topological polar surface area (TPSA) is 106 Å². The number of likely N-dealkylation sites (tertiary alicyclic amines) is 2. The Labute approximate surface area is 265 Å². The third-order valence-corrected chi connectivity index (χ3v) is 7.34. The third kappa shape index (κ3) is 10.6. The molecule has 9 nitrogen and oxygen atoms in total. The highest BCUT2D eigenvalue weighted by molar-refractivity contribution is 5.93. The number of halogens is 4. The van der Waals surface area contributed by atoms with Crippen LogP contribution in [-0.4, -0.2) is 84.8 Å². The van der Waals surface area contributed by atoms with Crippen LogP contribution in [-0.2, 0) is 19.1 Å². The van der Waals surface area contributed by atoms with Crippen LogP contribution >= 0.6 is 0 Å². The minimum Gasteiger partial charge on any atom is -0.485 e. The molecule has 2 atom stereocenters. The quantitative estimate of drug-likeness (QED) is 0.201. The molecule has 46 heavy (non-hydrogen) atoms. The fourth-order valence-corrected chi connectivity index (χ4v) is 4.82. The first kappa shape index (κ1) is 36.1. The van der Waals surface area contributed by atoms with Gasteiger partial charge in [-0.25, -0.2) is 17.6 Å². The van der Waals surface area contributed by atoms with Gasteiger partial charge in [0.15, 0.2) is 23.1 Å². The van der Waals surface area contributed by atoms with E-state index in [-0.39, 0.29) is 55.4 Å². The van der Waals surface area contributed by atoms with Gasteiger partial charge in [-0.3, -0.25) is 14.4 Å². The minimum atomic E-state index is -0.649. The van der Waals surface area contributed by atoms with Crippen LogP contribution in [0.2, 0.25) is 0 Å². The zero-order valence-corrected chi connectivity index (χ0v) is 25.6. The van der Waals surface area contributed by atoms with E-state index >= 15 is 0 Å². The van der Waals surface area contributed by atoms with Crippen molar-refractivity contribution in [3.63, 3.8) is 0 Å². The lowest BCUT2D eigenvalue weighted by atomic mass is 10.1. The Morgan fingerprint density at radius 1 is 0.783 bits per heavy atom. The number of hydrogen-bond donors (Lipinski definition) is 1. The van der Waals surface area contributed by atoms with Crippen LogP contribution in [0.25, 0.3) is 0 Å². The number of amides is 2.